The van der Waals surface area contributed by atoms with Crippen LogP contribution < -0.4 is 0 Å². The summed E-state index contributed by atoms with van der Waals surface area (Å²) in [5.41, 5.74) is 0. The first-order valence-electron chi connectivity index (χ1n) is 3.38. The summed E-state index contributed by atoms with van der Waals surface area (Å²) in [4.78, 5) is 0. The van der Waals surface area contributed by atoms with E-state index in [1.54, 1.807) is 0 Å². The quantitative estimate of drug-likeness (QED) is 0.499. The minimum absolute atomic E-state index is 0.0648. The van der Waals surface area contributed by atoms with Gasteiger partial charge in [0.2, 0.25) is 0 Å². The summed E-state index contributed by atoms with van der Waals surface area (Å²) in [6.07, 6.45) is -1.33. The molecule has 2 aliphatic rings. The second-order valence-corrected chi connectivity index (χ2v) is 2.57. The van der Waals surface area contributed by atoms with Crippen molar-refractivity contribution >= 4 is 0 Å². The molecule has 0 amide bonds. The van der Waals surface area contributed by atoms with Crippen LogP contribution in [0.3, 0.4) is 0 Å². The molecule has 0 aliphatic carbocycles. The van der Waals surface area contributed by atoms with Gasteiger partial charge in [0.1, 0.15) is 12.2 Å². The number of ether oxygens (including phenoxy) is 3. The van der Waals surface area contributed by atoms with Gasteiger partial charge in [-0.05, 0) is 6.92 Å². The Morgan fingerprint density at radius 1 is 1.40 bits per heavy atom. The monoisotopic (exact) mass is 146 g/mol. The topological polar surface area (TPSA) is 47.9 Å². The molecule has 2 unspecified atom stereocenters. The van der Waals surface area contributed by atoms with Crippen LogP contribution in [0.2, 0.25) is 0 Å². The van der Waals surface area contributed by atoms with E-state index in [4.69, 9.17) is 19.3 Å². The van der Waals surface area contributed by atoms with Crippen LogP contribution in [0.15, 0.2) is 0 Å². The predicted octanol–water partition coefficient (Wildman–Crippen LogP) is -0.535. The molecule has 0 bridgehead atoms. The molecule has 1 N–H and O–H groups in total. The summed E-state index contributed by atoms with van der Waals surface area (Å²) in [7, 11) is 0. The molecule has 2 saturated heterocycles. The third-order valence-corrected chi connectivity index (χ3v) is 1.79. The molecule has 2 heterocycles. The first-order chi connectivity index (χ1) is 4.77. The van der Waals surface area contributed by atoms with Crippen LogP contribution in [0, 0.1) is 0 Å². The van der Waals surface area contributed by atoms with Crippen molar-refractivity contribution in [3.05, 3.63) is 0 Å². The standard InChI is InChI=1S/C6H10O4/c1-3-9-4-2-8-6(7)5(4)10-3/h3-7H,2H2,1H3/t3?,4-,5-,6?/m0/s1. The fraction of sp³-hybridized carbons (Fsp3) is 1.00. The lowest BCUT2D eigenvalue weighted by Crippen LogP contribution is -2.26. The molecule has 0 aromatic heterocycles. The first-order valence-corrected chi connectivity index (χ1v) is 3.38. The maximum Gasteiger partial charge on any atom is 0.184 e. The molecule has 2 fully saturated rings. The number of fused-ring (bicyclic) bond motifs is 1. The van der Waals surface area contributed by atoms with Gasteiger partial charge in [-0.2, -0.15) is 0 Å². The second-order valence-electron chi connectivity index (χ2n) is 2.57. The third-order valence-electron chi connectivity index (χ3n) is 1.79. The average molecular weight is 146 g/mol. The van der Waals surface area contributed by atoms with E-state index in [2.05, 4.69) is 0 Å². The highest BCUT2D eigenvalue weighted by molar-refractivity contribution is 4.83. The zero-order valence-corrected chi connectivity index (χ0v) is 5.69. The molecule has 0 spiro atoms. The molecule has 2 aliphatic heterocycles. The van der Waals surface area contributed by atoms with E-state index in [-0.39, 0.29) is 18.5 Å². The summed E-state index contributed by atoms with van der Waals surface area (Å²) in [5.74, 6) is 0. The van der Waals surface area contributed by atoms with E-state index in [0.29, 0.717) is 6.61 Å². The van der Waals surface area contributed by atoms with Crippen LogP contribution >= 0.6 is 0 Å². The Kier molecular flexibility index (Phi) is 1.42. The van der Waals surface area contributed by atoms with Crippen LogP contribution in [0.4, 0.5) is 0 Å². The summed E-state index contributed by atoms with van der Waals surface area (Å²) in [5, 5.41) is 9.09. The Morgan fingerprint density at radius 2 is 2.20 bits per heavy atom. The summed E-state index contributed by atoms with van der Waals surface area (Å²) in [6.45, 7) is 2.25. The predicted molar refractivity (Wildman–Crippen MR) is 31.2 cm³/mol. The molecule has 0 aromatic rings. The highest BCUT2D eigenvalue weighted by Crippen LogP contribution is 2.27. The normalized spacial score (nSPS) is 53.4. The van der Waals surface area contributed by atoms with Crippen LogP contribution in [0.25, 0.3) is 0 Å². The van der Waals surface area contributed by atoms with Crippen molar-refractivity contribution in [2.75, 3.05) is 6.61 Å². The van der Waals surface area contributed by atoms with Gasteiger partial charge in [0, 0.05) is 0 Å². The zero-order valence-electron chi connectivity index (χ0n) is 5.69. The van der Waals surface area contributed by atoms with Crippen LogP contribution in [-0.2, 0) is 14.2 Å². The summed E-state index contributed by atoms with van der Waals surface area (Å²) in [6, 6.07) is 0. The first kappa shape index (κ1) is 6.54. The van der Waals surface area contributed by atoms with Crippen molar-refractivity contribution in [1.29, 1.82) is 0 Å². The number of aliphatic hydroxyl groups excluding tert-OH is 1. The molecule has 10 heavy (non-hydrogen) atoms. The van der Waals surface area contributed by atoms with Gasteiger partial charge in [-0.15, -0.1) is 0 Å². The SMILES string of the molecule is CC1O[C@H]2COC(O)[C@H]2O1. The summed E-state index contributed by atoms with van der Waals surface area (Å²) >= 11 is 0. The van der Waals surface area contributed by atoms with Crippen molar-refractivity contribution in [3.8, 4) is 0 Å². The van der Waals surface area contributed by atoms with Gasteiger partial charge in [0.05, 0.1) is 6.61 Å². The van der Waals surface area contributed by atoms with Crippen LogP contribution in [0.1, 0.15) is 6.92 Å². The minimum atomic E-state index is -0.796. The largest absolute Gasteiger partial charge is 0.366 e. The van der Waals surface area contributed by atoms with Crippen molar-refractivity contribution in [3.63, 3.8) is 0 Å². The maximum absolute atomic E-state index is 9.09. The van der Waals surface area contributed by atoms with Gasteiger partial charge < -0.3 is 19.3 Å². The van der Waals surface area contributed by atoms with Crippen LogP contribution in [-0.4, -0.2) is 36.5 Å². The second kappa shape index (κ2) is 2.17. The van der Waals surface area contributed by atoms with E-state index in [1.165, 1.54) is 0 Å². The molecular formula is C6H10O4. The number of hydrogen-bond acceptors (Lipinski definition) is 4. The molecular weight excluding hydrogens is 136 g/mol. The average Bonchev–Trinajstić information content (AvgIpc) is 2.35. The molecule has 0 radical (unpaired) electrons. The van der Waals surface area contributed by atoms with Crippen molar-refractivity contribution in [2.24, 2.45) is 0 Å². The Hall–Kier alpha value is -0.160. The van der Waals surface area contributed by atoms with E-state index in [9.17, 15) is 0 Å². The molecule has 4 heteroatoms. The van der Waals surface area contributed by atoms with Gasteiger partial charge in [-0.3, -0.25) is 0 Å². The lowest BCUT2D eigenvalue weighted by Gasteiger charge is -2.09. The number of hydrogen-bond donors (Lipinski definition) is 1. The Balaban J connectivity index is 2.05. The lowest BCUT2D eigenvalue weighted by atomic mass is 10.2. The maximum atomic E-state index is 9.09. The molecule has 4 atom stereocenters. The number of aliphatic hydroxyl groups is 1. The van der Waals surface area contributed by atoms with Gasteiger partial charge >= 0.3 is 0 Å². The molecule has 2 rings (SSSR count). The van der Waals surface area contributed by atoms with E-state index >= 15 is 0 Å². The Bertz CT molecular complexity index is 138. The summed E-state index contributed by atoms with van der Waals surface area (Å²) < 4.78 is 15.3. The fourth-order valence-corrected chi connectivity index (χ4v) is 1.34. The smallest absolute Gasteiger partial charge is 0.184 e. The van der Waals surface area contributed by atoms with Crippen LogP contribution in [0.5, 0.6) is 0 Å². The highest BCUT2D eigenvalue weighted by atomic mass is 16.8. The van der Waals surface area contributed by atoms with Crippen molar-refractivity contribution < 1.29 is 19.3 Å². The third kappa shape index (κ3) is 0.845. The fourth-order valence-electron chi connectivity index (χ4n) is 1.34. The number of rotatable bonds is 0. The Labute approximate surface area is 58.7 Å². The van der Waals surface area contributed by atoms with Crippen molar-refractivity contribution in [1.82, 2.24) is 0 Å². The Morgan fingerprint density at radius 3 is 2.90 bits per heavy atom. The minimum Gasteiger partial charge on any atom is -0.366 e. The van der Waals surface area contributed by atoms with E-state index < -0.39 is 6.29 Å². The van der Waals surface area contributed by atoms with E-state index in [1.807, 2.05) is 6.92 Å². The van der Waals surface area contributed by atoms with Crippen molar-refractivity contribution in [2.45, 2.75) is 31.7 Å². The lowest BCUT2D eigenvalue weighted by molar-refractivity contribution is -0.158. The molecule has 0 aromatic carbocycles. The van der Waals surface area contributed by atoms with Gasteiger partial charge in [0.15, 0.2) is 12.6 Å². The molecule has 58 valence electrons. The zero-order chi connectivity index (χ0) is 7.14. The highest BCUT2D eigenvalue weighted by Gasteiger charge is 2.44. The van der Waals surface area contributed by atoms with Gasteiger partial charge in [-0.25, -0.2) is 0 Å². The molecule has 4 nitrogen and oxygen atoms in total. The van der Waals surface area contributed by atoms with Gasteiger partial charge in [0.25, 0.3) is 0 Å². The van der Waals surface area contributed by atoms with Gasteiger partial charge in [-0.1, -0.05) is 0 Å². The molecule has 0 saturated carbocycles. The van der Waals surface area contributed by atoms with E-state index in [0.717, 1.165) is 0 Å².